The molecule has 3 nitrogen and oxygen atoms in total. The van der Waals surface area contributed by atoms with Gasteiger partial charge in [-0.2, -0.15) is 5.10 Å². The van der Waals surface area contributed by atoms with Gasteiger partial charge in [-0.15, -0.1) is 11.3 Å². The Hall–Kier alpha value is -2.24. The number of aryl methyl sites for hydroxylation is 1. The molecule has 24 heavy (non-hydrogen) atoms. The minimum Gasteiger partial charge on any atom is -0.218 e. The lowest BCUT2D eigenvalue weighted by molar-refractivity contribution is 0.878. The Balaban J connectivity index is 1.72. The molecule has 0 amide bonds. The predicted molar refractivity (Wildman–Crippen MR) is 103 cm³/mol. The summed E-state index contributed by atoms with van der Waals surface area (Å²) in [5, 5.41) is 7.40. The third-order valence-electron chi connectivity index (χ3n) is 3.80. The lowest BCUT2D eigenvalue weighted by Crippen LogP contribution is -1.98. The second-order valence-electron chi connectivity index (χ2n) is 5.52. The second kappa shape index (κ2) is 6.34. The summed E-state index contributed by atoms with van der Waals surface area (Å²) in [6.07, 6.45) is 1.82. The highest BCUT2D eigenvalue weighted by Gasteiger charge is 2.12. The van der Waals surface area contributed by atoms with Crippen LogP contribution >= 0.6 is 27.3 Å². The molecule has 0 bridgehead atoms. The Labute approximate surface area is 152 Å². The molecule has 2 aromatic carbocycles. The predicted octanol–water partition coefficient (Wildman–Crippen LogP) is 5.73. The van der Waals surface area contributed by atoms with Crippen LogP contribution in [0.15, 0.2) is 70.6 Å². The summed E-state index contributed by atoms with van der Waals surface area (Å²) in [7, 11) is 0. The van der Waals surface area contributed by atoms with Crippen molar-refractivity contribution >= 4 is 27.3 Å². The summed E-state index contributed by atoms with van der Waals surface area (Å²) in [6, 6.07) is 18.7. The number of rotatable bonds is 3. The van der Waals surface area contributed by atoms with Crippen molar-refractivity contribution in [3.8, 4) is 27.6 Å². The highest BCUT2D eigenvalue weighted by molar-refractivity contribution is 9.10. The molecule has 0 N–H and O–H groups in total. The molecule has 0 atom stereocenters. The molecule has 118 valence electrons. The molecule has 4 aromatic rings. The van der Waals surface area contributed by atoms with Crippen LogP contribution in [0.25, 0.3) is 27.6 Å². The molecule has 4 rings (SSSR count). The van der Waals surface area contributed by atoms with Gasteiger partial charge in [0, 0.05) is 21.0 Å². The van der Waals surface area contributed by atoms with Crippen LogP contribution in [0.3, 0.4) is 0 Å². The van der Waals surface area contributed by atoms with Crippen molar-refractivity contribution in [3.63, 3.8) is 0 Å². The molecule has 0 spiro atoms. The number of halogens is 1. The van der Waals surface area contributed by atoms with Crippen molar-refractivity contribution < 1.29 is 0 Å². The van der Waals surface area contributed by atoms with Crippen molar-refractivity contribution in [1.29, 1.82) is 0 Å². The number of hydrogen-bond acceptors (Lipinski definition) is 3. The average Bonchev–Trinajstić information content (AvgIpc) is 3.25. The van der Waals surface area contributed by atoms with E-state index in [0.717, 1.165) is 32.1 Å². The summed E-state index contributed by atoms with van der Waals surface area (Å²) in [4.78, 5) is 4.76. The van der Waals surface area contributed by atoms with E-state index in [4.69, 9.17) is 4.98 Å². The van der Waals surface area contributed by atoms with Crippen LogP contribution in [-0.4, -0.2) is 14.8 Å². The Kier molecular flexibility index (Phi) is 4.04. The Bertz CT molecular complexity index is 969. The SMILES string of the molecule is Cc1ccc(-c2ccnn2-c2nc(-c3ccc(Br)cc3)cs2)cc1. The molecule has 0 fully saturated rings. The van der Waals surface area contributed by atoms with Gasteiger partial charge in [-0.3, -0.25) is 0 Å². The van der Waals surface area contributed by atoms with Gasteiger partial charge in [-0.1, -0.05) is 57.9 Å². The van der Waals surface area contributed by atoms with Crippen molar-refractivity contribution in [2.75, 3.05) is 0 Å². The van der Waals surface area contributed by atoms with E-state index in [1.165, 1.54) is 5.56 Å². The maximum atomic E-state index is 4.76. The van der Waals surface area contributed by atoms with Crippen molar-refractivity contribution in [2.24, 2.45) is 0 Å². The summed E-state index contributed by atoms with van der Waals surface area (Å²) >= 11 is 5.06. The van der Waals surface area contributed by atoms with Crippen LogP contribution in [-0.2, 0) is 0 Å². The zero-order valence-corrected chi connectivity index (χ0v) is 15.4. The quantitative estimate of drug-likeness (QED) is 0.443. The second-order valence-corrected chi connectivity index (χ2v) is 7.27. The van der Waals surface area contributed by atoms with E-state index in [0.29, 0.717) is 0 Å². The third-order valence-corrected chi connectivity index (χ3v) is 5.15. The number of nitrogens with zero attached hydrogens (tertiary/aromatic N) is 3. The van der Waals surface area contributed by atoms with Gasteiger partial charge in [0.2, 0.25) is 5.13 Å². The molecule has 0 radical (unpaired) electrons. The smallest absolute Gasteiger partial charge is 0.211 e. The Morgan fingerprint density at radius 2 is 1.62 bits per heavy atom. The average molecular weight is 396 g/mol. The van der Waals surface area contributed by atoms with Gasteiger partial charge in [0.25, 0.3) is 0 Å². The zero-order chi connectivity index (χ0) is 16.5. The van der Waals surface area contributed by atoms with Crippen molar-refractivity contribution in [1.82, 2.24) is 14.8 Å². The highest BCUT2D eigenvalue weighted by Crippen LogP contribution is 2.28. The zero-order valence-electron chi connectivity index (χ0n) is 13.0. The molecule has 0 unspecified atom stereocenters. The Morgan fingerprint density at radius 3 is 2.38 bits per heavy atom. The third kappa shape index (κ3) is 2.92. The van der Waals surface area contributed by atoms with Crippen LogP contribution < -0.4 is 0 Å². The van der Waals surface area contributed by atoms with Crippen LogP contribution in [0.5, 0.6) is 0 Å². The largest absolute Gasteiger partial charge is 0.218 e. The molecule has 5 heteroatoms. The van der Waals surface area contributed by atoms with Gasteiger partial charge in [-0.25, -0.2) is 9.67 Å². The molecule has 2 aromatic heterocycles. The van der Waals surface area contributed by atoms with E-state index in [1.54, 1.807) is 11.3 Å². The van der Waals surface area contributed by atoms with Gasteiger partial charge >= 0.3 is 0 Å². The summed E-state index contributed by atoms with van der Waals surface area (Å²) < 4.78 is 2.97. The molecule has 0 saturated carbocycles. The number of aromatic nitrogens is 3. The summed E-state index contributed by atoms with van der Waals surface area (Å²) in [5.41, 5.74) is 5.50. The molecule has 2 heterocycles. The van der Waals surface area contributed by atoms with Crippen LogP contribution in [0.2, 0.25) is 0 Å². The van der Waals surface area contributed by atoms with E-state index < -0.39 is 0 Å². The molecular weight excluding hydrogens is 382 g/mol. The fourth-order valence-electron chi connectivity index (χ4n) is 2.51. The first kappa shape index (κ1) is 15.3. The van der Waals surface area contributed by atoms with Gasteiger partial charge < -0.3 is 0 Å². The molecular formula is C19H14BrN3S. The molecule has 0 saturated heterocycles. The van der Waals surface area contributed by atoms with Crippen LogP contribution in [0.4, 0.5) is 0 Å². The molecule has 0 aliphatic rings. The van der Waals surface area contributed by atoms with E-state index in [1.807, 2.05) is 29.1 Å². The van der Waals surface area contributed by atoms with Crippen LogP contribution in [0, 0.1) is 6.92 Å². The first-order chi connectivity index (χ1) is 11.7. The normalized spacial score (nSPS) is 10.9. The standard InChI is InChI=1S/C19H14BrN3S/c1-13-2-4-15(5-3-13)18-10-11-21-23(18)19-22-17(12-24-19)14-6-8-16(20)9-7-14/h2-12H,1H3. The monoisotopic (exact) mass is 395 g/mol. The van der Waals surface area contributed by atoms with Gasteiger partial charge in [0.15, 0.2) is 0 Å². The molecule has 0 aliphatic carbocycles. The number of hydrogen-bond donors (Lipinski definition) is 0. The summed E-state index contributed by atoms with van der Waals surface area (Å²) in [6.45, 7) is 2.09. The van der Waals surface area contributed by atoms with E-state index >= 15 is 0 Å². The van der Waals surface area contributed by atoms with Crippen molar-refractivity contribution in [2.45, 2.75) is 6.92 Å². The minimum atomic E-state index is 0.869. The number of thiazole rings is 1. The maximum absolute atomic E-state index is 4.76. The lowest BCUT2D eigenvalue weighted by atomic mass is 10.1. The van der Waals surface area contributed by atoms with Gasteiger partial charge in [0.05, 0.1) is 17.6 Å². The van der Waals surface area contributed by atoms with Gasteiger partial charge in [-0.05, 0) is 25.1 Å². The van der Waals surface area contributed by atoms with E-state index in [2.05, 4.69) is 69.7 Å². The number of benzene rings is 2. The Morgan fingerprint density at radius 1 is 0.917 bits per heavy atom. The fourth-order valence-corrected chi connectivity index (χ4v) is 3.58. The minimum absolute atomic E-state index is 0.869. The molecule has 0 aliphatic heterocycles. The highest BCUT2D eigenvalue weighted by atomic mass is 79.9. The first-order valence-electron chi connectivity index (χ1n) is 7.53. The topological polar surface area (TPSA) is 30.7 Å². The van der Waals surface area contributed by atoms with E-state index in [-0.39, 0.29) is 0 Å². The van der Waals surface area contributed by atoms with E-state index in [9.17, 15) is 0 Å². The summed E-state index contributed by atoms with van der Waals surface area (Å²) in [5.74, 6) is 0. The maximum Gasteiger partial charge on any atom is 0.211 e. The fraction of sp³-hybridized carbons (Fsp3) is 0.0526. The van der Waals surface area contributed by atoms with Gasteiger partial charge in [0.1, 0.15) is 0 Å². The lowest BCUT2D eigenvalue weighted by Gasteiger charge is -2.04. The van der Waals surface area contributed by atoms with Crippen LogP contribution in [0.1, 0.15) is 5.56 Å². The first-order valence-corrected chi connectivity index (χ1v) is 9.21. The van der Waals surface area contributed by atoms with Crippen molar-refractivity contribution in [3.05, 3.63) is 76.2 Å².